The van der Waals surface area contributed by atoms with Crippen LogP contribution in [0.2, 0.25) is 0 Å². The number of ether oxygens (including phenoxy) is 2. The summed E-state index contributed by atoms with van der Waals surface area (Å²) >= 11 is 0. The van der Waals surface area contributed by atoms with Gasteiger partial charge in [0, 0.05) is 19.6 Å². The van der Waals surface area contributed by atoms with Gasteiger partial charge in [-0.25, -0.2) is 0 Å². The number of rotatable bonds is 6. The molecule has 19 heavy (non-hydrogen) atoms. The van der Waals surface area contributed by atoms with E-state index in [2.05, 4.69) is 43.0 Å². The van der Waals surface area contributed by atoms with Crippen LogP contribution >= 0.6 is 0 Å². The van der Waals surface area contributed by atoms with Crippen LogP contribution in [0, 0.1) is 0 Å². The molecule has 0 bridgehead atoms. The maximum absolute atomic E-state index is 5.79. The first-order valence-electron chi connectivity index (χ1n) is 7.32. The van der Waals surface area contributed by atoms with Gasteiger partial charge >= 0.3 is 0 Å². The van der Waals surface area contributed by atoms with Crippen LogP contribution in [0.4, 0.5) is 0 Å². The van der Waals surface area contributed by atoms with Gasteiger partial charge in [0.1, 0.15) is 12.4 Å². The van der Waals surface area contributed by atoms with Crippen LogP contribution in [0.5, 0.6) is 5.75 Å². The zero-order valence-corrected chi connectivity index (χ0v) is 12.1. The zero-order valence-electron chi connectivity index (χ0n) is 12.1. The van der Waals surface area contributed by atoms with E-state index in [1.54, 1.807) is 0 Å². The molecule has 0 aromatic heterocycles. The molecule has 106 valence electrons. The highest BCUT2D eigenvalue weighted by Crippen LogP contribution is 2.21. The summed E-state index contributed by atoms with van der Waals surface area (Å²) in [6.45, 7) is 9.96. The minimum Gasteiger partial charge on any atom is -0.492 e. The van der Waals surface area contributed by atoms with Crippen molar-refractivity contribution in [3.05, 3.63) is 29.8 Å². The van der Waals surface area contributed by atoms with Crippen molar-refractivity contribution >= 4 is 0 Å². The van der Waals surface area contributed by atoms with E-state index in [1.807, 2.05) is 0 Å². The van der Waals surface area contributed by atoms with Crippen LogP contribution in [0.25, 0.3) is 0 Å². The highest BCUT2D eigenvalue weighted by atomic mass is 16.5. The monoisotopic (exact) mass is 263 g/mol. The van der Waals surface area contributed by atoms with Crippen LogP contribution in [0.3, 0.4) is 0 Å². The highest BCUT2D eigenvalue weighted by molar-refractivity contribution is 5.29. The molecule has 2 rings (SSSR count). The number of nitrogens with zero attached hydrogens (tertiary/aromatic N) is 1. The highest BCUT2D eigenvalue weighted by Gasteiger charge is 2.09. The Kier molecular flexibility index (Phi) is 5.67. The van der Waals surface area contributed by atoms with Crippen molar-refractivity contribution in [3.63, 3.8) is 0 Å². The summed E-state index contributed by atoms with van der Waals surface area (Å²) in [7, 11) is 0. The molecular formula is C16H25NO2. The molecule has 1 fully saturated rings. The minimum absolute atomic E-state index is 0.627. The maximum Gasteiger partial charge on any atom is 0.119 e. The number of hydrogen-bond donors (Lipinski definition) is 0. The molecule has 1 saturated heterocycles. The standard InChI is InChI=1S/C16H25NO2/c1-3-14(2)15-4-6-16(7-5-15)19-13-10-17-8-11-18-12-9-17/h4-7,14H,3,8-13H2,1-2H3. The molecule has 0 N–H and O–H groups in total. The Morgan fingerprint density at radius 2 is 1.89 bits per heavy atom. The van der Waals surface area contributed by atoms with Crippen molar-refractivity contribution in [2.75, 3.05) is 39.5 Å². The maximum atomic E-state index is 5.79. The predicted molar refractivity (Wildman–Crippen MR) is 77.9 cm³/mol. The molecule has 1 aromatic carbocycles. The molecule has 0 saturated carbocycles. The topological polar surface area (TPSA) is 21.7 Å². The van der Waals surface area contributed by atoms with E-state index >= 15 is 0 Å². The average molecular weight is 263 g/mol. The summed E-state index contributed by atoms with van der Waals surface area (Å²) < 4.78 is 11.1. The fourth-order valence-electron chi connectivity index (χ4n) is 2.25. The van der Waals surface area contributed by atoms with Gasteiger partial charge in [0.25, 0.3) is 0 Å². The second-order valence-corrected chi connectivity index (χ2v) is 5.18. The Labute approximate surface area is 116 Å². The van der Waals surface area contributed by atoms with Gasteiger partial charge in [-0.2, -0.15) is 0 Å². The van der Waals surface area contributed by atoms with Gasteiger partial charge in [0.15, 0.2) is 0 Å². The lowest BCUT2D eigenvalue weighted by atomic mass is 9.99. The van der Waals surface area contributed by atoms with E-state index in [4.69, 9.17) is 9.47 Å². The quantitative estimate of drug-likeness (QED) is 0.787. The van der Waals surface area contributed by atoms with Crippen LogP contribution in [0.15, 0.2) is 24.3 Å². The molecule has 0 spiro atoms. The number of morpholine rings is 1. The first-order chi connectivity index (χ1) is 9.29. The van der Waals surface area contributed by atoms with E-state index in [1.165, 1.54) is 12.0 Å². The van der Waals surface area contributed by atoms with Gasteiger partial charge in [-0.1, -0.05) is 26.0 Å². The molecule has 3 heteroatoms. The van der Waals surface area contributed by atoms with Crippen molar-refractivity contribution < 1.29 is 9.47 Å². The van der Waals surface area contributed by atoms with E-state index in [0.29, 0.717) is 5.92 Å². The Morgan fingerprint density at radius 1 is 1.21 bits per heavy atom. The van der Waals surface area contributed by atoms with Gasteiger partial charge in [-0.15, -0.1) is 0 Å². The lowest BCUT2D eigenvalue weighted by molar-refractivity contribution is 0.0322. The Bertz CT molecular complexity index is 358. The summed E-state index contributed by atoms with van der Waals surface area (Å²) in [4.78, 5) is 2.39. The van der Waals surface area contributed by atoms with Gasteiger partial charge in [-0.05, 0) is 30.0 Å². The van der Waals surface area contributed by atoms with Crippen LogP contribution < -0.4 is 4.74 Å². The SMILES string of the molecule is CCC(C)c1ccc(OCCN2CCOCC2)cc1. The lowest BCUT2D eigenvalue weighted by Crippen LogP contribution is -2.38. The molecule has 1 aliphatic rings. The van der Waals surface area contributed by atoms with Crippen molar-refractivity contribution in [3.8, 4) is 5.75 Å². The van der Waals surface area contributed by atoms with Gasteiger partial charge in [0.05, 0.1) is 13.2 Å². The smallest absolute Gasteiger partial charge is 0.119 e. The molecule has 0 radical (unpaired) electrons. The predicted octanol–water partition coefficient (Wildman–Crippen LogP) is 2.91. The number of benzene rings is 1. The fraction of sp³-hybridized carbons (Fsp3) is 0.625. The Morgan fingerprint density at radius 3 is 2.53 bits per heavy atom. The average Bonchev–Trinajstić information content (AvgIpc) is 2.48. The van der Waals surface area contributed by atoms with E-state index in [-0.39, 0.29) is 0 Å². The summed E-state index contributed by atoms with van der Waals surface area (Å²) in [6, 6.07) is 8.53. The molecule has 1 aromatic rings. The molecule has 0 aliphatic carbocycles. The molecular weight excluding hydrogens is 238 g/mol. The third-order valence-electron chi connectivity index (χ3n) is 3.84. The van der Waals surface area contributed by atoms with Gasteiger partial charge in [-0.3, -0.25) is 4.90 Å². The summed E-state index contributed by atoms with van der Waals surface area (Å²) in [5, 5.41) is 0. The molecule has 1 heterocycles. The fourth-order valence-corrected chi connectivity index (χ4v) is 2.25. The summed E-state index contributed by atoms with van der Waals surface area (Å²) in [5.41, 5.74) is 1.39. The second kappa shape index (κ2) is 7.51. The first kappa shape index (κ1) is 14.4. The van der Waals surface area contributed by atoms with Crippen molar-refractivity contribution in [1.82, 2.24) is 4.90 Å². The van der Waals surface area contributed by atoms with E-state index in [9.17, 15) is 0 Å². The van der Waals surface area contributed by atoms with Crippen LogP contribution in [0.1, 0.15) is 31.7 Å². The second-order valence-electron chi connectivity index (χ2n) is 5.18. The normalized spacial score (nSPS) is 18.2. The minimum atomic E-state index is 0.627. The first-order valence-corrected chi connectivity index (χ1v) is 7.32. The molecule has 1 atom stereocenters. The molecule has 0 amide bonds. The third kappa shape index (κ3) is 4.51. The summed E-state index contributed by atoms with van der Waals surface area (Å²) in [6.07, 6.45) is 1.18. The Hall–Kier alpha value is -1.06. The summed E-state index contributed by atoms with van der Waals surface area (Å²) in [5.74, 6) is 1.60. The van der Waals surface area contributed by atoms with Crippen molar-refractivity contribution in [1.29, 1.82) is 0 Å². The van der Waals surface area contributed by atoms with Gasteiger partial charge < -0.3 is 9.47 Å². The third-order valence-corrected chi connectivity index (χ3v) is 3.84. The lowest BCUT2D eigenvalue weighted by Gasteiger charge is -2.26. The molecule has 1 unspecified atom stereocenters. The van der Waals surface area contributed by atoms with Crippen molar-refractivity contribution in [2.45, 2.75) is 26.2 Å². The van der Waals surface area contributed by atoms with E-state index < -0.39 is 0 Å². The Balaban J connectivity index is 1.73. The van der Waals surface area contributed by atoms with Crippen LogP contribution in [-0.2, 0) is 4.74 Å². The van der Waals surface area contributed by atoms with E-state index in [0.717, 1.165) is 45.2 Å². The van der Waals surface area contributed by atoms with Crippen molar-refractivity contribution in [2.24, 2.45) is 0 Å². The van der Waals surface area contributed by atoms with Crippen LogP contribution in [-0.4, -0.2) is 44.4 Å². The molecule has 3 nitrogen and oxygen atoms in total. The number of hydrogen-bond acceptors (Lipinski definition) is 3. The van der Waals surface area contributed by atoms with Gasteiger partial charge in [0.2, 0.25) is 0 Å². The largest absolute Gasteiger partial charge is 0.492 e. The molecule has 1 aliphatic heterocycles. The zero-order chi connectivity index (χ0) is 13.5.